The predicted molar refractivity (Wildman–Crippen MR) is 153 cm³/mol. The molecule has 0 radical (unpaired) electrons. The summed E-state index contributed by atoms with van der Waals surface area (Å²) in [7, 11) is -2.61. The van der Waals surface area contributed by atoms with Gasteiger partial charge in [-0.05, 0) is 57.1 Å². The summed E-state index contributed by atoms with van der Waals surface area (Å²) < 4.78 is 4.72. The maximum Gasteiger partial charge on any atom is 0.184 e. The van der Waals surface area contributed by atoms with E-state index in [1.807, 2.05) is 0 Å². The summed E-state index contributed by atoms with van der Waals surface area (Å²) in [4.78, 5) is 0. The molecule has 0 aliphatic carbocycles. The minimum absolute atomic E-state index is 1.11. The van der Waals surface area contributed by atoms with E-state index in [4.69, 9.17) is 0 Å². The van der Waals surface area contributed by atoms with Crippen LogP contribution in [0.3, 0.4) is 0 Å². The van der Waals surface area contributed by atoms with E-state index >= 15 is 0 Å². The van der Waals surface area contributed by atoms with E-state index in [2.05, 4.69) is 152 Å². The molecule has 6 aromatic rings. The topological polar surface area (TPSA) is 4.93 Å². The summed E-state index contributed by atoms with van der Waals surface area (Å²) in [5, 5.41) is 8.27. The first-order valence-corrected chi connectivity index (χ1v) is 14.9. The van der Waals surface area contributed by atoms with Crippen molar-refractivity contribution in [2.75, 3.05) is 0 Å². The standard InChI is InChI=1S/C30H19Br2NSi/c31-20-8-5-10-22(18-20)34(23-11-6-9-21(32)19-23)28-16-4-3-15-27(28)33-26-14-2-1-12-24(26)25-13-7-17-29(34)30(25)33/h1-19H. The van der Waals surface area contributed by atoms with Crippen molar-refractivity contribution < 1.29 is 0 Å². The van der Waals surface area contributed by atoms with Gasteiger partial charge < -0.3 is 4.57 Å². The number of para-hydroxylation sites is 3. The average Bonchev–Trinajstić information content (AvgIpc) is 3.21. The summed E-state index contributed by atoms with van der Waals surface area (Å²) in [5.41, 5.74) is 3.90. The Hall–Kier alpha value is -2.92. The van der Waals surface area contributed by atoms with Crippen molar-refractivity contribution in [3.8, 4) is 5.69 Å². The molecule has 162 valence electrons. The largest absolute Gasteiger partial charge is 0.309 e. The Morgan fingerprint density at radius 3 is 1.85 bits per heavy atom. The van der Waals surface area contributed by atoms with Gasteiger partial charge in [0.2, 0.25) is 0 Å². The molecule has 0 amide bonds. The molecule has 0 spiro atoms. The number of halogens is 2. The number of aromatic nitrogens is 1. The number of fused-ring (bicyclic) bond motifs is 5. The second-order valence-corrected chi connectivity index (χ2v) is 14.4. The first-order valence-electron chi connectivity index (χ1n) is 11.3. The quantitative estimate of drug-likeness (QED) is 0.221. The monoisotopic (exact) mass is 579 g/mol. The Labute approximate surface area is 215 Å². The van der Waals surface area contributed by atoms with Gasteiger partial charge in [0.15, 0.2) is 8.07 Å². The average molecular weight is 581 g/mol. The molecule has 1 nitrogen and oxygen atoms in total. The van der Waals surface area contributed by atoms with Gasteiger partial charge in [0.1, 0.15) is 0 Å². The highest BCUT2D eigenvalue weighted by Crippen LogP contribution is 2.35. The Balaban J connectivity index is 1.79. The van der Waals surface area contributed by atoms with Gasteiger partial charge in [-0.1, -0.05) is 111 Å². The first kappa shape index (κ1) is 20.5. The number of benzene rings is 5. The fourth-order valence-electron chi connectivity index (χ4n) is 5.93. The van der Waals surface area contributed by atoms with Crippen molar-refractivity contribution in [1.29, 1.82) is 0 Å². The fraction of sp³-hybridized carbons (Fsp3) is 0. The second kappa shape index (κ2) is 7.54. The Morgan fingerprint density at radius 2 is 1.12 bits per heavy atom. The van der Waals surface area contributed by atoms with E-state index in [1.165, 1.54) is 48.2 Å². The van der Waals surface area contributed by atoms with E-state index in [0.717, 1.165) is 8.95 Å². The van der Waals surface area contributed by atoms with Crippen LogP contribution in [0.2, 0.25) is 0 Å². The molecule has 0 N–H and O–H groups in total. The lowest BCUT2D eigenvalue weighted by atomic mass is 10.1. The molecule has 0 saturated heterocycles. The van der Waals surface area contributed by atoms with E-state index in [1.54, 1.807) is 0 Å². The third-order valence-corrected chi connectivity index (χ3v) is 12.9. The maximum absolute atomic E-state index is 3.78. The molecule has 2 heterocycles. The normalized spacial score (nSPS) is 13.8. The molecule has 0 fully saturated rings. The lowest BCUT2D eigenvalue weighted by Crippen LogP contribution is -2.76. The van der Waals surface area contributed by atoms with Crippen LogP contribution in [0.1, 0.15) is 0 Å². The van der Waals surface area contributed by atoms with Crippen LogP contribution in [-0.4, -0.2) is 12.6 Å². The van der Waals surface area contributed by atoms with Gasteiger partial charge in [-0.25, -0.2) is 0 Å². The van der Waals surface area contributed by atoms with Crippen molar-refractivity contribution in [3.63, 3.8) is 0 Å². The molecular formula is C30H19Br2NSi. The van der Waals surface area contributed by atoms with Crippen molar-refractivity contribution in [2.24, 2.45) is 0 Å². The number of rotatable bonds is 2. The highest BCUT2D eigenvalue weighted by molar-refractivity contribution is 9.10. The molecule has 1 aliphatic rings. The molecule has 1 aromatic heterocycles. The van der Waals surface area contributed by atoms with Gasteiger partial charge in [-0.15, -0.1) is 0 Å². The molecular weight excluding hydrogens is 562 g/mol. The zero-order chi connectivity index (χ0) is 22.9. The molecule has 0 unspecified atom stereocenters. The Morgan fingerprint density at radius 1 is 0.529 bits per heavy atom. The van der Waals surface area contributed by atoms with Crippen molar-refractivity contribution >= 4 is 82.5 Å². The molecule has 0 atom stereocenters. The maximum atomic E-state index is 3.78. The first-order chi connectivity index (χ1) is 16.7. The molecule has 7 rings (SSSR count). The minimum atomic E-state index is -2.61. The molecule has 1 aliphatic heterocycles. The van der Waals surface area contributed by atoms with Crippen LogP contribution in [0, 0.1) is 0 Å². The van der Waals surface area contributed by atoms with Crippen LogP contribution < -0.4 is 20.7 Å². The molecule has 34 heavy (non-hydrogen) atoms. The summed E-state index contributed by atoms with van der Waals surface area (Å²) in [5.74, 6) is 0. The van der Waals surface area contributed by atoms with Crippen molar-refractivity contribution in [3.05, 3.63) is 124 Å². The third kappa shape index (κ3) is 2.65. The molecule has 5 aromatic carbocycles. The van der Waals surface area contributed by atoms with Crippen LogP contribution in [0.25, 0.3) is 27.5 Å². The van der Waals surface area contributed by atoms with Gasteiger partial charge in [0.05, 0.1) is 11.0 Å². The van der Waals surface area contributed by atoms with E-state index in [9.17, 15) is 0 Å². The summed E-state index contributed by atoms with van der Waals surface area (Å²) >= 11 is 7.57. The zero-order valence-electron chi connectivity index (χ0n) is 18.2. The van der Waals surface area contributed by atoms with Crippen LogP contribution in [0.15, 0.2) is 124 Å². The number of nitrogens with zero attached hydrogens (tertiary/aromatic N) is 1. The summed E-state index contributed by atoms with van der Waals surface area (Å²) in [6, 6.07) is 42.7. The van der Waals surface area contributed by atoms with Gasteiger partial charge in [-0.3, -0.25) is 0 Å². The minimum Gasteiger partial charge on any atom is -0.309 e. The fourth-order valence-corrected chi connectivity index (χ4v) is 12.3. The highest BCUT2D eigenvalue weighted by atomic mass is 79.9. The number of hydrogen-bond donors (Lipinski definition) is 0. The second-order valence-electron chi connectivity index (χ2n) is 8.84. The third-order valence-electron chi connectivity index (χ3n) is 7.16. The smallest absolute Gasteiger partial charge is 0.184 e. The van der Waals surface area contributed by atoms with Crippen molar-refractivity contribution in [2.45, 2.75) is 0 Å². The van der Waals surface area contributed by atoms with E-state index in [0.29, 0.717) is 0 Å². The highest BCUT2D eigenvalue weighted by Gasteiger charge is 2.47. The molecule has 0 bridgehead atoms. The van der Waals surface area contributed by atoms with Gasteiger partial charge in [-0.2, -0.15) is 0 Å². The SMILES string of the molecule is Brc1cccc([Si]2(c3cccc(Br)c3)c3ccccc3-n3c4ccccc4c4cccc2c43)c1. The summed E-state index contributed by atoms with van der Waals surface area (Å²) in [6.07, 6.45) is 0. The molecule has 0 saturated carbocycles. The van der Waals surface area contributed by atoms with Crippen LogP contribution in [0.5, 0.6) is 0 Å². The summed E-state index contributed by atoms with van der Waals surface area (Å²) in [6.45, 7) is 0. The lowest BCUT2D eigenvalue weighted by Gasteiger charge is -2.39. The Kier molecular flexibility index (Phi) is 4.53. The van der Waals surface area contributed by atoms with Gasteiger partial charge in [0.25, 0.3) is 0 Å². The Bertz CT molecular complexity index is 1710. The lowest BCUT2D eigenvalue weighted by molar-refractivity contribution is 1.19. The van der Waals surface area contributed by atoms with Crippen molar-refractivity contribution in [1.82, 2.24) is 4.57 Å². The van der Waals surface area contributed by atoms with Crippen LogP contribution in [-0.2, 0) is 0 Å². The van der Waals surface area contributed by atoms with Crippen LogP contribution in [0.4, 0.5) is 0 Å². The van der Waals surface area contributed by atoms with Gasteiger partial charge in [0, 0.05) is 25.4 Å². The predicted octanol–water partition coefficient (Wildman–Crippen LogP) is 6.00. The van der Waals surface area contributed by atoms with Gasteiger partial charge >= 0.3 is 0 Å². The van der Waals surface area contributed by atoms with Crippen LogP contribution >= 0.6 is 31.9 Å². The molecule has 4 heteroatoms. The zero-order valence-corrected chi connectivity index (χ0v) is 22.3. The number of hydrogen-bond acceptors (Lipinski definition) is 0. The van der Waals surface area contributed by atoms with E-state index in [-0.39, 0.29) is 0 Å². The van der Waals surface area contributed by atoms with E-state index < -0.39 is 8.07 Å².